The Bertz CT molecular complexity index is 558. The van der Waals surface area contributed by atoms with Gasteiger partial charge in [-0.1, -0.05) is 6.42 Å². The lowest BCUT2D eigenvalue weighted by Gasteiger charge is -2.32. The summed E-state index contributed by atoms with van der Waals surface area (Å²) in [5.74, 6) is -0.588. The van der Waals surface area contributed by atoms with Crippen molar-refractivity contribution >= 4 is 17.8 Å². The van der Waals surface area contributed by atoms with E-state index < -0.39 is 11.9 Å². The van der Waals surface area contributed by atoms with Crippen molar-refractivity contribution in [2.75, 3.05) is 18.0 Å². The first-order valence-electron chi connectivity index (χ1n) is 8.20. The molecule has 2 unspecified atom stereocenters. The fourth-order valence-electron chi connectivity index (χ4n) is 3.53. The molecular weight excluding hydrogens is 296 g/mol. The molecule has 1 aliphatic carbocycles. The van der Waals surface area contributed by atoms with Crippen LogP contribution in [0.5, 0.6) is 0 Å². The topological polar surface area (TPSA) is 95.4 Å². The highest BCUT2D eigenvalue weighted by Gasteiger charge is 2.35. The summed E-state index contributed by atoms with van der Waals surface area (Å²) >= 11 is 0. The van der Waals surface area contributed by atoms with Gasteiger partial charge in [0.15, 0.2) is 0 Å². The van der Waals surface area contributed by atoms with E-state index in [1.165, 1.54) is 0 Å². The zero-order valence-corrected chi connectivity index (χ0v) is 13.0. The van der Waals surface area contributed by atoms with E-state index in [2.05, 4.69) is 20.2 Å². The number of aromatic nitrogens is 2. The lowest BCUT2D eigenvalue weighted by atomic mass is 9.95. The third kappa shape index (κ3) is 3.60. The molecule has 1 aromatic heterocycles. The van der Waals surface area contributed by atoms with Crippen LogP contribution in [0.25, 0.3) is 0 Å². The van der Waals surface area contributed by atoms with Crippen molar-refractivity contribution in [1.29, 1.82) is 0 Å². The molecule has 3 rings (SSSR count). The SMILES string of the molecule is O=C(NC1CCCC1C(=O)O)C1CCN(c2ncccn2)CC1. The molecule has 2 N–H and O–H groups in total. The van der Waals surface area contributed by atoms with Crippen LogP contribution >= 0.6 is 0 Å². The van der Waals surface area contributed by atoms with E-state index in [0.717, 1.165) is 38.8 Å². The van der Waals surface area contributed by atoms with Crippen molar-refractivity contribution in [3.8, 4) is 0 Å². The van der Waals surface area contributed by atoms with Crippen molar-refractivity contribution in [2.45, 2.75) is 38.1 Å². The zero-order chi connectivity index (χ0) is 16.2. The number of hydrogen-bond donors (Lipinski definition) is 2. The van der Waals surface area contributed by atoms with E-state index >= 15 is 0 Å². The number of rotatable bonds is 4. The summed E-state index contributed by atoms with van der Waals surface area (Å²) < 4.78 is 0. The van der Waals surface area contributed by atoms with Crippen molar-refractivity contribution in [3.63, 3.8) is 0 Å². The third-order valence-corrected chi connectivity index (χ3v) is 4.86. The molecular formula is C16H22N4O3. The standard InChI is InChI=1S/C16H22N4O3/c21-14(19-13-4-1-3-12(13)15(22)23)11-5-9-20(10-6-11)16-17-7-2-8-18-16/h2,7-8,11-13H,1,3-6,9-10H2,(H,19,21)(H,22,23). The lowest BCUT2D eigenvalue weighted by Crippen LogP contribution is -2.46. The number of carboxylic acid groups (broad SMARTS) is 1. The molecule has 7 nitrogen and oxygen atoms in total. The van der Waals surface area contributed by atoms with E-state index in [4.69, 9.17) is 0 Å². The lowest BCUT2D eigenvalue weighted by molar-refractivity contribution is -0.142. The monoisotopic (exact) mass is 318 g/mol. The Hall–Kier alpha value is -2.18. The van der Waals surface area contributed by atoms with Crippen molar-refractivity contribution in [2.24, 2.45) is 11.8 Å². The molecule has 1 aliphatic heterocycles. The van der Waals surface area contributed by atoms with Crippen LogP contribution in [0.2, 0.25) is 0 Å². The number of carbonyl (C=O) groups is 2. The summed E-state index contributed by atoms with van der Waals surface area (Å²) in [4.78, 5) is 34.2. The molecule has 0 aromatic carbocycles. The smallest absolute Gasteiger partial charge is 0.308 e. The molecule has 1 saturated carbocycles. The number of amides is 1. The van der Waals surface area contributed by atoms with Crippen LogP contribution in [0.15, 0.2) is 18.5 Å². The first-order chi connectivity index (χ1) is 11.1. The van der Waals surface area contributed by atoms with Gasteiger partial charge >= 0.3 is 5.97 Å². The van der Waals surface area contributed by atoms with Crippen LogP contribution in [0.1, 0.15) is 32.1 Å². The van der Waals surface area contributed by atoms with Crippen LogP contribution < -0.4 is 10.2 Å². The molecule has 1 amide bonds. The maximum absolute atomic E-state index is 12.4. The number of carbonyl (C=O) groups excluding carboxylic acids is 1. The Morgan fingerprint density at radius 3 is 2.48 bits per heavy atom. The normalized spacial score (nSPS) is 25.3. The predicted molar refractivity (Wildman–Crippen MR) is 83.9 cm³/mol. The highest BCUT2D eigenvalue weighted by Crippen LogP contribution is 2.27. The van der Waals surface area contributed by atoms with E-state index in [0.29, 0.717) is 12.4 Å². The van der Waals surface area contributed by atoms with Gasteiger partial charge < -0.3 is 15.3 Å². The molecule has 0 radical (unpaired) electrons. The van der Waals surface area contributed by atoms with Crippen LogP contribution in [-0.2, 0) is 9.59 Å². The Labute approximate surface area is 135 Å². The fourth-order valence-corrected chi connectivity index (χ4v) is 3.53. The van der Waals surface area contributed by atoms with Crippen LogP contribution in [-0.4, -0.2) is 46.1 Å². The summed E-state index contributed by atoms with van der Waals surface area (Å²) in [6.07, 6.45) is 7.21. The maximum Gasteiger partial charge on any atom is 0.308 e. The van der Waals surface area contributed by atoms with Gasteiger partial charge in [-0.15, -0.1) is 0 Å². The molecule has 2 fully saturated rings. The summed E-state index contributed by atoms with van der Waals surface area (Å²) in [5, 5.41) is 12.2. The van der Waals surface area contributed by atoms with Gasteiger partial charge in [0.1, 0.15) is 0 Å². The minimum absolute atomic E-state index is 0.00298. The van der Waals surface area contributed by atoms with Gasteiger partial charge in [-0.25, -0.2) is 9.97 Å². The second kappa shape index (κ2) is 6.93. The van der Waals surface area contributed by atoms with Crippen LogP contribution in [0.4, 0.5) is 5.95 Å². The Morgan fingerprint density at radius 2 is 1.83 bits per heavy atom. The quantitative estimate of drug-likeness (QED) is 0.862. The number of nitrogens with one attached hydrogen (secondary N) is 1. The largest absolute Gasteiger partial charge is 0.481 e. The minimum atomic E-state index is -0.802. The summed E-state index contributed by atoms with van der Waals surface area (Å²) in [5.41, 5.74) is 0. The molecule has 1 saturated heterocycles. The van der Waals surface area contributed by atoms with E-state index in [1.807, 2.05) is 0 Å². The Morgan fingerprint density at radius 1 is 1.13 bits per heavy atom. The summed E-state index contributed by atoms with van der Waals surface area (Å²) in [7, 11) is 0. The van der Waals surface area contributed by atoms with Gasteiger partial charge in [0.05, 0.1) is 5.92 Å². The predicted octanol–water partition coefficient (Wildman–Crippen LogP) is 1.06. The molecule has 0 spiro atoms. The number of anilines is 1. The molecule has 0 bridgehead atoms. The Balaban J connectivity index is 1.51. The molecule has 124 valence electrons. The van der Waals surface area contributed by atoms with Crippen molar-refractivity contribution in [3.05, 3.63) is 18.5 Å². The fraction of sp³-hybridized carbons (Fsp3) is 0.625. The molecule has 7 heteroatoms. The van der Waals surface area contributed by atoms with E-state index in [-0.39, 0.29) is 17.9 Å². The number of hydrogen-bond acceptors (Lipinski definition) is 5. The van der Waals surface area contributed by atoms with Gasteiger partial charge in [0.25, 0.3) is 0 Å². The molecule has 2 aliphatic rings. The van der Waals surface area contributed by atoms with Gasteiger partial charge in [0.2, 0.25) is 11.9 Å². The van der Waals surface area contributed by atoms with Gasteiger partial charge in [-0.3, -0.25) is 9.59 Å². The third-order valence-electron chi connectivity index (χ3n) is 4.86. The summed E-state index contributed by atoms with van der Waals surface area (Å²) in [6, 6.07) is 1.57. The number of aliphatic carboxylic acids is 1. The molecule has 1 aromatic rings. The van der Waals surface area contributed by atoms with Crippen molar-refractivity contribution < 1.29 is 14.7 Å². The number of nitrogens with zero attached hydrogens (tertiary/aromatic N) is 3. The van der Waals surface area contributed by atoms with Crippen molar-refractivity contribution in [1.82, 2.24) is 15.3 Å². The number of piperidine rings is 1. The average molecular weight is 318 g/mol. The highest BCUT2D eigenvalue weighted by molar-refractivity contribution is 5.80. The minimum Gasteiger partial charge on any atom is -0.481 e. The van der Waals surface area contributed by atoms with Gasteiger partial charge in [0, 0.05) is 37.4 Å². The van der Waals surface area contributed by atoms with Gasteiger partial charge in [-0.05, 0) is 31.7 Å². The molecule has 2 atom stereocenters. The highest BCUT2D eigenvalue weighted by atomic mass is 16.4. The average Bonchev–Trinajstić information content (AvgIpc) is 3.04. The second-order valence-corrected chi connectivity index (χ2v) is 6.30. The van der Waals surface area contributed by atoms with Crippen LogP contribution in [0.3, 0.4) is 0 Å². The first kappa shape index (κ1) is 15.7. The van der Waals surface area contributed by atoms with Crippen LogP contribution in [0, 0.1) is 11.8 Å². The Kier molecular flexibility index (Phi) is 4.73. The second-order valence-electron chi connectivity index (χ2n) is 6.30. The summed E-state index contributed by atoms with van der Waals surface area (Å²) in [6.45, 7) is 1.49. The maximum atomic E-state index is 12.4. The first-order valence-corrected chi connectivity index (χ1v) is 8.20. The van der Waals surface area contributed by atoms with Gasteiger partial charge in [-0.2, -0.15) is 0 Å². The zero-order valence-electron chi connectivity index (χ0n) is 13.0. The van der Waals surface area contributed by atoms with E-state index in [9.17, 15) is 14.7 Å². The molecule has 2 heterocycles. The van der Waals surface area contributed by atoms with E-state index in [1.54, 1.807) is 18.5 Å². The number of carboxylic acids is 1. The molecule has 23 heavy (non-hydrogen) atoms.